The number of rotatable bonds is 4. The SMILES string of the molecule is CC(=O)NCCNc1nnc(Cl)c(C)c1C. The Hall–Kier alpha value is -1.36. The van der Waals surface area contributed by atoms with Crippen LogP contribution in [0.5, 0.6) is 0 Å². The molecule has 1 amide bonds. The number of hydrogen-bond acceptors (Lipinski definition) is 4. The van der Waals surface area contributed by atoms with Crippen molar-refractivity contribution in [1.82, 2.24) is 15.5 Å². The molecule has 0 aliphatic carbocycles. The topological polar surface area (TPSA) is 66.9 Å². The Bertz CT molecular complexity index is 395. The molecule has 0 saturated carbocycles. The molecule has 16 heavy (non-hydrogen) atoms. The van der Waals surface area contributed by atoms with Gasteiger partial charge >= 0.3 is 0 Å². The summed E-state index contributed by atoms with van der Waals surface area (Å²) < 4.78 is 0. The van der Waals surface area contributed by atoms with Gasteiger partial charge in [0.15, 0.2) is 11.0 Å². The Balaban J connectivity index is 2.55. The first-order valence-corrected chi connectivity index (χ1v) is 5.38. The molecule has 0 fully saturated rings. The zero-order chi connectivity index (χ0) is 12.1. The number of halogens is 1. The Morgan fingerprint density at radius 1 is 1.25 bits per heavy atom. The van der Waals surface area contributed by atoms with Crippen molar-refractivity contribution in [3.8, 4) is 0 Å². The summed E-state index contributed by atoms with van der Waals surface area (Å²) in [6.45, 7) is 6.47. The zero-order valence-electron chi connectivity index (χ0n) is 9.59. The van der Waals surface area contributed by atoms with Gasteiger partial charge in [-0.1, -0.05) is 11.6 Å². The van der Waals surface area contributed by atoms with Crippen molar-refractivity contribution in [2.24, 2.45) is 0 Å². The molecule has 2 N–H and O–H groups in total. The van der Waals surface area contributed by atoms with Crippen LogP contribution in [0.4, 0.5) is 5.82 Å². The normalized spacial score (nSPS) is 10.0. The van der Waals surface area contributed by atoms with Crippen molar-refractivity contribution in [3.63, 3.8) is 0 Å². The maximum Gasteiger partial charge on any atom is 0.216 e. The number of amides is 1. The van der Waals surface area contributed by atoms with Gasteiger partial charge < -0.3 is 10.6 Å². The van der Waals surface area contributed by atoms with Gasteiger partial charge in [-0.2, -0.15) is 0 Å². The molecule has 1 heterocycles. The minimum absolute atomic E-state index is 0.0445. The predicted octanol–water partition coefficient (Wildman–Crippen LogP) is 1.29. The molecule has 0 saturated heterocycles. The maximum atomic E-state index is 10.6. The van der Waals surface area contributed by atoms with Crippen molar-refractivity contribution in [1.29, 1.82) is 0 Å². The molecule has 5 nitrogen and oxygen atoms in total. The quantitative estimate of drug-likeness (QED) is 0.781. The fourth-order valence-electron chi connectivity index (χ4n) is 1.16. The number of aromatic nitrogens is 2. The summed E-state index contributed by atoms with van der Waals surface area (Å²) in [6.07, 6.45) is 0. The maximum absolute atomic E-state index is 10.6. The molecule has 1 aromatic heterocycles. The lowest BCUT2D eigenvalue weighted by molar-refractivity contribution is -0.118. The third-order valence-electron chi connectivity index (χ3n) is 2.26. The number of nitrogens with zero attached hydrogens (tertiary/aromatic N) is 2. The number of hydrogen-bond donors (Lipinski definition) is 2. The summed E-state index contributed by atoms with van der Waals surface area (Å²) in [7, 11) is 0. The Labute approximate surface area is 99.6 Å². The van der Waals surface area contributed by atoms with E-state index in [2.05, 4.69) is 20.8 Å². The van der Waals surface area contributed by atoms with Crippen LogP contribution in [0, 0.1) is 13.8 Å². The molecule has 0 aromatic carbocycles. The van der Waals surface area contributed by atoms with Crippen LogP contribution in [0.25, 0.3) is 0 Å². The predicted molar refractivity (Wildman–Crippen MR) is 63.7 cm³/mol. The lowest BCUT2D eigenvalue weighted by Crippen LogP contribution is -2.26. The highest BCUT2D eigenvalue weighted by Gasteiger charge is 2.06. The summed E-state index contributed by atoms with van der Waals surface area (Å²) in [4.78, 5) is 10.6. The summed E-state index contributed by atoms with van der Waals surface area (Å²) in [5.41, 5.74) is 1.89. The van der Waals surface area contributed by atoms with Gasteiger partial charge in [0.25, 0.3) is 0 Å². The van der Waals surface area contributed by atoms with E-state index in [4.69, 9.17) is 11.6 Å². The monoisotopic (exact) mass is 242 g/mol. The van der Waals surface area contributed by atoms with E-state index in [0.717, 1.165) is 11.1 Å². The summed E-state index contributed by atoms with van der Waals surface area (Å²) in [6, 6.07) is 0. The van der Waals surface area contributed by atoms with E-state index >= 15 is 0 Å². The molecule has 0 aliphatic rings. The summed E-state index contributed by atoms with van der Waals surface area (Å²) in [5, 5.41) is 14.0. The van der Waals surface area contributed by atoms with Crippen molar-refractivity contribution in [2.75, 3.05) is 18.4 Å². The van der Waals surface area contributed by atoms with Crippen LogP contribution in [0.3, 0.4) is 0 Å². The van der Waals surface area contributed by atoms with E-state index < -0.39 is 0 Å². The molecule has 0 radical (unpaired) electrons. The smallest absolute Gasteiger partial charge is 0.216 e. The van der Waals surface area contributed by atoms with Crippen LogP contribution in [0.2, 0.25) is 5.15 Å². The second kappa shape index (κ2) is 5.65. The van der Waals surface area contributed by atoms with E-state index in [-0.39, 0.29) is 5.91 Å². The Morgan fingerprint density at radius 3 is 2.56 bits per heavy atom. The molecule has 1 aromatic rings. The number of nitrogens with one attached hydrogen (secondary N) is 2. The fourth-order valence-corrected chi connectivity index (χ4v) is 1.34. The van der Waals surface area contributed by atoms with E-state index in [1.54, 1.807) is 0 Å². The van der Waals surface area contributed by atoms with Gasteiger partial charge in [0.05, 0.1) is 0 Å². The summed E-state index contributed by atoms with van der Waals surface area (Å²) >= 11 is 5.83. The van der Waals surface area contributed by atoms with Crippen molar-refractivity contribution < 1.29 is 4.79 Å². The number of carbonyl (C=O) groups is 1. The van der Waals surface area contributed by atoms with E-state index in [9.17, 15) is 4.79 Å². The first-order valence-electron chi connectivity index (χ1n) is 5.00. The van der Waals surface area contributed by atoms with Gasteiger partial charge in [-0.25, -0.2) is 0 Å². The van der Waals surface area contributed by atoms with Crippen LogP contribution in [0.15, 0.2) is 0 Å². The molecular weight excluding hydrogens is 228 g/mol. The molecule has 0 bridgehead atoms. The third-order valence-corrected chi connectivity index (χ3v) is 2.62. The largest absolute Gasteiger partial charge is 0.367 e. The average molecular weight is 243 g/mol. The minimum atomic E-state index is -0.0445. The molecule has 6 heteroatoms. The number of anilines is 1. The van der Waals surface area contributed by atoms with Gasteiger partial charge in [-0.05, 0) is 25.0 Å². The Kier molecular flexibility index (Phi) is 4.49. The van der Waals surface area contributed by atoms with Crippen molar-refractivity contribution in [2.45, 2.75) is 20.8 Å². The third kappa shape index (κ3) is 3.34. The van der Waals surface area contributed by atoms with E-state index in [1.807, 2.05) is 13.8 Å². The fraction of sp³-hybridized carbons (Fsp3) is 0.500. The second-order valence-electron chi connectivity index (χ2n) is 3.50. The lowest BCUT2D eigenvalue weighted by Gasteiger charge is -2.10. The van der Waals surface area contributed by atoms with Crippen LogP contribution < -0.4 is 10.6 Å². The summed E-state index contributed by atoms with van der Waals surface area (Å²) in [5.74, 6) is 0.657. The van der Waals surface area contributed by atoms with E-state index in [0.29, 0.717) is 24.1 Å². The van der Waals surface area contributed by atoms with Gasteiger partial charge in [0.1, 0.15) is 0 Å². The molecule has 1 rings (SSSR count). The second-order valence-corrected chi connectivity index (χ2v) is 3.86. The average Bonchev–Trinajstić information content (AvgIpc) is 2.23. The van der Waals surface area contributed by atoms with Gasteiger partial charge in [-0.3, -0.25) is 4.79 Å². The first kappa shape index (κ1) is 12.7. The lowest BCUT2D eigenvalue weighted by atomic mass is 10.2. The van der Waals surface area contributed by atoms with Crippen molar-refractivity contribution >= 4 is 23.3 Å². The molecule has 0 atom stereocenters. The highest BCUT2D eigenvalue weighted by Crippen LogP contribution is 2.19. The van der Waals surface area contributed by atoms with Crippen molar-refractivity contribution in [3.05, 3.63) is 16.3 Å². The minimum Gasteiger partial charge on any atom is -0.367 e. The van der Waals surface area contributed by atoms with Gasteiger partial charge in [-0.15, -0.1) is 10.2 Å². The zero-order valence-corrected chi connectivity index (χ0v) is 10.4. The van der Waals surface area contributed by atoms with Crippen LogP contribution in [0.1, 0.15) is 18.1 Å². The van der Waals surface area contributed by atoms with Gasteiger partial charge in [0, 0.05) is 20.0 Å². The van der Waals surface area contributed by atoms with E-state index in [1.165, 1.54) is 6.92 Å². The number of carbonyl (C=O) groups excluding carboxylic acids is 1. The molecule has 0 spiro atoms. The highest BCUT2D eigenvalue weighted by atomic mass is 35.5. The van der Waals surface area contributed by atoms with Gasteiger partial charge in [0.2, 0.25) is 5.91 Å². The molecule has 0 aliphatic heterocycles. The van der Waals surface area contributed by atoms with Crippen LogP contribution in [-0.2, 0) is 4.79 Å². The molecule has 88 valence electrons. The van der Waals surface area contributed by atoms with Crippen LogP contribution >= 0.6 is 11.6 Å². The first-order chi connectivity index (χ1) is 7.52. The molecule has 0 unspecified atom stereocenters. The standard InChI is InChI=1S/C10H15ClN4O/c1-6-7(2)10(15-14-9(6)11)13-5-4-12-8(3)16/h4-5H2,1-3H3,(H,12,16)(H,13,15). The Morgan fingerprint density at radius 2 is 1.94 bits per heavy atom. The van der Waals surface area contributed by atoms with Crippen LogP contribution in [-0.4, -0.2) is 29.2 Å². The molecular formula is C10H15ClN4O. The highest BCUT2D eigenvalue weighted by molar-refractivity contribution is 6.30.